The van der Waals surface area contributed by atoms with Gasteiger partial charge in [0.2, 0.25) is 0 Å². The number of nitrogens with zero attached hydrogens (tertiary/aromatic N) is 1. The van der Waals surface area contributed by atoms with Crippen LogP contribution in [0.1, 0.15) is 52.4 Å². The molecule has 1 aromatic carbocycles. The molecule has 0 atom stereocenters. The van der Waals surface area contributed by atoms with Crippen LogP contribution in [0.25, 0.3) is 0 Å². The molecule has 0 aromatic heterocycles. The summed E-state index contributed by atoms with van der Waals surface area (Å²) in [4.78, 5) is 2.63. The van der Waals surface area contributed by atoms with Gasteiger partial charge in [0.25, 0.3) is 0 Å². The number of benzene rings is 1. The molecule has 0 amide bonds. The van der Waals surface area contributed by atoms with Crippen molar-refractivity contribution in [1.29, 1.82) is 0 Å². The van der Waals surface area contributed by atoms with Crippen molar-refractivity contribution >= 4 is 5.69 Å². The smallest absolute Gasteiger partial charge is 0.0340 e. The normalized spacial score (nSPS) is 10.9. The maximum atomic E-state index is 3.51. The minimum atomic E-state index is 1.04. The van der Waals surface area contributed by atoms with Crippen molar-refractivity contribution in [1.82, 2.24) is 4.90 Å². The molecule has 2 nitrogen and oxygen atoms in total. The van der Waals surface area contributed by atoms with Crippen molar-refractivity contribution in [3.63, 3.8) is 0 Å². The fourth-order valence-electron chi connectivity index (χ4n) is 2.42. The third kappa shape index (κ3) is 8.21. The van der Waals surface area contributed by atoms with Crippen LogP contribution in [0.4, 0.5) is 5.69 Å². The van der Waals surface area contributed by atoms with Gasteiger partial charge in [-0.1, -0.05) is 57.7 Å². The monoisotopic (exact) mass is 276 g/mol. The van der Waals surface area contributed by atoms with Crippen LogP contribution in [-0.2, 0) is 0 Å². The molecule has 0 heterocycles. The van der Waals surface area contributed by atoms with Crippen LogP contribution in [0.15, 0.2) is 30.3 Å². The van der Waals surface area contributed by atoms with E-state index in [0.717, 1.165) is 13.1 Å². The van der Waals surface area contributed by atoms with Crippen molar-refractivity contribution in [3.05, 3.63) is 30.3 Å². The lowest BCUT2D eigenvalue weighted by Gasteiger charge is -2.22. The highest BCUT2D eigenvalue weighted by molar-refractivity contribution is 5.42. The van der Waals surface area contributed by atoms with E-state index in [1.807, 2.05) is 0 Å². The third-order valence-corrected chi connectivity index (χ3v) is 3.69. The van der Waals surface area contributed by atoms with E-state index in [0.29, 0.717) is 0 Å². The van der Waals surface area contributed by atoms with Gasteiger partial charge in [-0.05, 0) is 38.1 Å². The fraction of sp³-hybridized carbons (Fsp3) is 0.667. The van der Waals surface area contributed by atoms with Gasteiger partial charge in [0.15, 0.2) is 0 Å². The summed E-state index contributed by atoms with van der Waals surface area (Å²) < 4.78 is 0. The summed E-state index contributed by atoms with van der Waals surface area (Å²) in [5.41, 5.74) is 1.23. The molecule has 0 aliphatic carbocycles. The van der Waals surface area contributed by atoms with Gasteiger partial charge in [-0.2, -0.15) is 0 Å². The number of anilines is 1. The number of para-hydroxylation sites is 1. The second kappa shape index (κ2) is 11.8. The van der Waals surface area contributed by atoms with Crippen molar-refractivity contribution in [2.45, 2.75) is 52.4 Å². The van der Waals surface area contributed by atoms with E-state index in [1.165, 1.54) is 57.3 Å². The standard InChI is InChI=1S/C18H32N2/c1-3-5-10-15-20(16-11-6-4-2)17-14-19-18-12-8-7-9-13-18/h7-9,12-13,19H,3-6,10-11,14-17H2,1-2H3. The zero-order valence-corrected chi connectivity index (χ0v) is 13.4. The molecule has 0 unspecified atom stereocenters. The van der Waals surface area contributed by atoms with Crippen LogP contribution >= 0.6 is 0 Å². The predicted octanol–water partition coefficient (Wildman–Crippen LogP) is 4.78. The van der Waals surface area contributed by atoms with Crippen LogP contribution in [0.3, 0.4) is 0 Å². The van der Waals surface area contributed by atoms with E-state index in [-0.39, 0.29) is 0 Å². The van der Waals surface area contributed by atoms with E-state index in [2.05, 4.69) is 54.4 Å². The minimum absolute atomic E-state index is 1.04. The Balaban J connectivity index is 2.23. The summed E-state index contributed by atoms with van der Waals surface area (Å²) >= 11 is 0. The average molecular weight is 276 g/mol. The lowest BCUT2D eigenvalue weighted by molar-refractivity contribution is 0.271. The first-order valence-corrected chi connectivity index (χ1v) is 8.38. The van der Waals surface area contributed by atoms with Crippen molar-refractivity contribution in [3.8, 4) is 0 Å². The Hall–Kier alpha value is -1.02. The van der Waals surface area contributed by atoms with Gasteiger partial charge in [-0.3, -0.25) is 0 Å². The van der Waals surface area contributed by atoms with Gasteiger partial charge >= 0.3 is 0 Å². The topological polar surface area (TPSA) is 15.3 Å². The number of unbranched alkanes of at least 4 members (excludes halogenated alkanes) is 4. The number of hydrogen-bond donors (Lipinski definition) is 1. The van der Waals surface area contributed by atoms with Crippen LogP contribution in [-0.4, -0.2) is 31.1 Å². The van der Waals surface area contributed by atoms with Crippen LogP contribution < -0.4 is 5.32 Å². The van der Waals surface area contributed by atoms with E-state index >= 15 is 0 Å². The molecule has 0 saturated carbocycles. The lowest BCUT2D eigenvalue weighted by Crippen LogP contribution is -2.31. The van der Waals surface area contributed by atoms with Crippen molar-refractivity contribution in [2.75, 3.05) is 31.5 Å². The minimum Gasteiger partial charge on any atom is -0.384 e. The fourth-order valence-corrected chi connectivity index (χ4v) is 2.42. The SMILES string of the molecule is CCCCCN(CCCCC)CCNc1ccccc1. The molecule has 0 bridgehead atoms. The maximum Gasteiger partial charge on any atom is 0.0340 e. The molecule has 0 aliphatic rings. The summed E-state index contributed by atoms with van der Waals surface area (Å²) in [6.07, 6.45) is 8.02. The zero-order valence-electron chi connectivity index (χ0n) is 13.4. The highest BCUT2D eigenvalue weighted by Gasteiger charge is 2.04. The molecule has 20 heavy (non-hydrogen) atoms. The van der Waals surface area contributed by atoms with Gasteiger partial charge in [-0.15, -0.1) is 0 Å². The maximum absolute atomic E-state index is 3.51. The quantitative estimate of drug-likeness (QED) is 0.553. The van der Waals surface area contributed by atoms with E-state index in [9.17, 15) is 0 Å². The summed E-state index contributed by atoms with van der Waals surface area (Å²) in [5.74, 6) is 0. The molecule has 0 saturated heterocycles. The van der Waals surface area contributed by atoms with E-state index in [1.54, 1.807) is 0 Å². The first-order valence-electron chi connectivity index (χ1n) is 8.38. The van der Waals surface area contributed by atoms with Gasteiger partial charge in [0, 0.05) is 18.8 Å². The van der Waals surface area contributed by atoms with E-state index in [4.69, 9.17) is 0 Å². The van der Waals surface area contributed by atoms with Gasteiger partial charge in [0.1, 0.15) is 0 Å². The first-order chi connectivity index (χ1) is 9.86. The average Bonchev–Trinajstić information content (AvgIpc) is 2.48. The second-order valence-corrected chi connectivity index (χ2v) is 5.55. The summed E-state index contributed by atoms with van der Waals surface area (Å²) in [6, 6.07) is 10.5. The largest absolute Gasteiger partial charge is 0.384 e. The Morgan fingerprint density at radius 1 is 0.800 bits per heavy atom. The third-order valence-electron chi connectivity index (χ3n) is 3.69. The van der Waals surface area contributed by atoms with Gasteiger partial charge < -0.3 is 10.2 Å². The van der Waals surface area contributed by atoms with Crippen molar-refractivity contribution in [2.24, 2.45) is 0 Å². The van der Waals surface area contributed by atoms with Crippen LogP contribution in [0.2, 0.25) is 0 Å². The number of rotatable bonds is 12. The summed E-state index contributed by atoms with van der Waals surface area (Å²) in [5, 5.41) is 3.51. The first kappa shape index (κ1) is 17.0. The Kier molecular flexibility index (Phi) is 10.0. The molecule has 0 aliphatic heterocycles. The number of nitrogens with one attached hydrogen (secondary N) is 1. The molecule has 1 rings (SSSR count). The molecule has 2 heteroatoms. The molecule has 114 valence electrons. The Labute approximate surface area is 125 Å². The van der Waals surface area contributed by atoms with Gasteiger partial charge in [-0.25, -0.2) is 0 Å². The molecular weight excluding hydrogens is 244 g/mol. The molecule has 0 spiro atoms. The summed E-state index contributed by atoms with van der Waals surface area (Å²) in [7, 11) is 0. The highest BCUT2D eigenvalue weighted by Crippen LogP contribution is 2.06. The lowest BCUT2D eigenvalue weighted by atomic mass is 10.2. The molecular formula is C18H32N2. The van der Waals surface area contributed by atoms with Crippen molar-refractivity contribution < 1.29 is 0 Å². The highest BCUT2D eigenvalue weighted by atomic mass is 15.1. The van der Waals surface area contributed by atoms with E-state index < -0.39 is 0 Å². The molecule has 1 aromatic rings. The Morgan fingerprint density at radius 3 is 1.95 bits per heavy atom. The Bertz CT molecular complexity index is 300. The summed E-state index contributed by atoms with van der Waals surface area (Å²) in [6.45, 7) is 9.27. The number of hydrogen-bond acceptors (Lipinski definition) is 2. The molecule has 0 fully saturated rings. The zero-order chi connectivity index (χ0) is 14.5. The molecule has 0 radical (unpaired) electrons. The van der Waals surface area contributed by atoms with Crippen LogP contribution in [0, 0.1) is 0 Å². The Morgan fingerprint density at radius 2 is 1.40 bits per heavy atom. The predicted molar refractivity (Wildman–Crippen MR) is 90.4 cm³/mol. The van der Waals surface area contributed by atoms with Gasteiger partial charge in [0.05, 0.1) is 0 Å². The van der Waals surface area contributed by atoms with Crippen LogP contribution in [0.5, 0.6) is 0 Å². The molecule has 1 N–H and O–H groups in total. The second-order valence-electron chi connectivity index (χ2n) is 5.55.